The summed E-state index contributed by atoms with van der Waals surface area (Å²) in [4.78, 5) is 25.9. The highest BCUT2D eigenvalue weighted by Gasteiger charge is 2.42. The van der Waals surface area contributed by atoms with Crippen molar-refractivity contribution in [3.63, 3.8) is 0 Å². The minimum atomic E-state index is -0.231. The number of imide groups is 1. The standard InChI is InChI=1S/C15H17BrN2O2S/c16-11-3-1-10(2-4-11)5-7-18-13-6-8-21-9-12(13)14(19)17-15(18)20/h1-4,12-13H,5-9H2,(H,17,19,20). The van der Waals surface area contributed by atoms with Gasteiger partial charge in [-0.1, -0.05) is 28.1 Å². The van der Waals surface area contributed by atoms with E-state index in [4.69, 9.17) is 0 Å². The molecule has 2 aliphatic rings. The molecule has 2 atom stereocenters. The van der Waals surface area contributed by atoms with Gasteiger partial charge in [0, 0.05) is 22.8 Å². The molecular formula is C15H17BrN2O2S. The molecule has 3 amide bonds. The van der Waals surface area contributed by atoms with Crippen LogP contribution in [0.4, 0.5) is 4.79 Å². The third-order valence-electron chi connectivity index (χ3n) is 4.10. The van der Waals surface area contributed by atoms with Gasteiger partial charge in [0.15, 0.2) is 0 Å². The van der Waals surface area contributed by atoms with Crippen LogP contribution in [0.5, 0.6) is 0 Å². The van der Waals surface area contributed by atoms with Gasteiger partial charge in [0.25, 0.3) is 0 Å². The predicted molar refractivity (Wildman–Crippen MR) is 87.3 cm³/mol. The van der Waals surface area contributed by atoms with Crippen LogP contribution in [-0.4, -0.2) is 40.9 Å². The third kappa shape index (κ3) is 3.26. The topological polar surface area (TPSA) is 49.4 Å². The number of benzene rings is 1. The molecule has 3 rings (SSSR count). The molecule has 2 heterocycles. The maximum absolute atomic E-state index is 12.1. The molecule has 1 aromatic carbocycles. The molecule has 112 valence electrons. The zero-order chi connectivity index (χ0) is 14.8. The Hall–Kier alpha value is -1.01. The summed E-state index contributed by atoms with van der Waals surface area (Å²) in [6, 6.07) is 7.98. The van der Waals surface area contributed by atoms with Gasteiger partial charge in [0.2, 0.25) is 5.91 Å². The minimum absolute atomic E-state index is 0.0497. The summed E-state index contributed by atoms with van der Waals surface area (Å²) in [5, 5.41) is 2.50. The second-order valence-corrected chi connectivity index (χ2v) is 7.47. The summed E-state index contributed by atoms with van der Waals surface area (Å²) in [5.74, 6) is 1.69. The Bertz CT molecular complexity index is 549. The van der Waals surface area contributed by atoms with Gasteiger partial charge in [0.05, 0.1) is 5.92 Å². The Morgan fingerprint density at radius 2 is 2.05 bits per heavy atom. The molecule has 2 saturated heterocycles. The maximum atomic E-state index is 12.1. The minimum Gasteiger partial charge on any atom is -0.320 e. The number of fused-ring (bicyclic) bond motifs is 1. The fourth-order valence-corrected chi connectivity index (χ4v) is 4.41. The lowest BCUT2D eigenvalue weighted by atomic mass is 9.94. The van der Waals surface area contributed by atoms with E-state index in [0.29, 0.717) is 6.54 Å². The molecule has 0 saturated carbocycles. The van der Waals surface area contributed by atoms with E-state index in [-0.39, 0.29) is 23.9 Å². The lowest BCUT2D eigenvalue weighted by molar-refractivity contribution is -0.127. The summed E-state index contributed by atoms with van der Waals surface area (Å²) in [6.07, 6.45) is 1.72. The van der Waals surface area contributed by atoms with Gasteiger partial charge in [-0.05, 0) is 36.3 Å². The van der Waals surface area contributed by atoms with E-state index in [1.54, 1.807) is 11.8 Å². The molecule has 0 aliphatic carbocycles. The van der Waals surface area contributed by atoms with E-state index in [1.165, 1.54) is 5.56 Å². The van der Waals surface area contributed by atoms with Crippen molar-refractivity contribution in [1.29, 1.82) is 0 Å². The number of nitrogens with one attached hydrogen (secondary N) is 1. The van der Waals surface area contributed by atoms with Crippen molar-refractivity contribution in [3.8, 4) is 0 Å². The molecule has 1 N–H and O–H groups in total. The fraction of sp³-hybridized carbons (Fsp3) is 0.467. The van der Waals surface area contributed by atoms with E-state index in [1.807, 2.05) is 17.0 Å². The van der Waals surface area contributed by atoms with Crippen molar-refractivity contribution in [2.45, 2.75) is 18.9 Å². The molecule has 0 aromatic heterocycles. The SMILES string of the molecule is O=C1NC(=O)N(CCc2ccc(Br)cc2)C2CCSCC12. The molecule has 21 heavy (non-hydrogen) atoms. The zero-order valence-corrected chi connectivity index (χ0v) is 14.0. The number of amides is 3. The van der Waals surface area contributed by atoms with Crippen LogP contribution >= 0.6 is 27.7 Å². The van der Waals surface area contributed by atoms with Crippen molar-refractivity contribution in [1.82, 2.24) is 10.2 Å². The molecule has 0 bridgehead atoms. The number of rotatable bonds is 3. The average molecular weight is 369 g/mol. The third-order valence-corrected chi connectivity index (χ3v) is 5.75. The number of nitrogens with zero attached hydrogens (tertiary/aromatic N) is 1. The summed E-state index contributed by atoms with van der Waals surface area (Å²) in [5.41, 5.74) is 1.20. The van der Waals surface area contributed by atoms with E-state index in [2.05, 4.69) is 33.4 Å². The molecule has 4 nitrogen and oxygen atoms in total. The van der Waals surface area contributed by atoms with Gasteiger partial charge in [-0.2, -0.15) is 11.8 Å². The van der Waals surface area contributed by atoms with Gasteiger partial charge in [-0.25, -0.2) is 4.79 Å². The normalized spacial score (nSPS) is 25.5. The Morgan fingerprint density at radius 1 is 1.29 bits per heavy atom. The zero-order valence-electron chi connectivity index (χ0n) is 11.5. The van der Waals surface area contributed by atoms with Crippen LogP contribution in [-0.2, 0) is 11.2 Å². The maximum Gasteiger partial charge on any atom is 0.324 e. The molecular weight excluding hydrogens is 352 g/mol. The van der Waals surface area contributed by atoms with Crippen LogP contribution in [0.2, 0.25) is 0 Å². The fourth-order valence-electron chi connectivity index (χ4n) is 2.94. The van der Waals surface area contributed by atoms with Gasteiger partial charge >= 0.3 is 6.03 Å². The summed E-state index contributed by atoms with van der Waals surface area (Å²) >= 11 is 5.22. The van der Waals surface area contributed by atoms with Crippen molar-refractivity contribution in [3.05, 3.63) is 34.3 Å². The monoisotopic (exact) mass is 368 g/mol. The van der Waals surface area contributed by atoms with E-state index >= 15 is 0 Å². The summed E-state index contributed by atoms with van der Waals surface area (Å²) in [6.45, 7) is 0.659. The number of hydrogen-bond acceptors (Lipinski definition) is 3. The predicted octanol–water partition coefficient (Wildman–Crippen LogP) is 2.67. The molecule has 2 aliphatic heterocycles. The first kappa shape index (κ1) is 14.9. The summed E-state index contributed by atoms with van der Waals surface area (Å²) < 4.78 is 1.05. The van der Waals surface area contributed by atoms with Crippen molar-refractivity contribution in [2.75, 3.05) is 18.1 Å². The lowest BCUT2D eigenvalue weighted by Crippen LogP contribution is -2.62. The largest absolute Gasteiger partial charge is 0.324 e. The first-order valence-electron chi connectivity index (χ1n) is 7.09. The van der Waals surface area contributed by atoms with Crippen molar-refractivity contribution >= 4 is 39.6 Å². The second-order valence-electron chi connectivity index (χ2n) is 5.40. The highest BCUT2D eigenvalue weighted by Crippen LogP contribution is 2.30. The Labute approximate surface area is 136 Å². The van der Waals surface area contributed by atoms with Gasteiger partial charge in [-0.3, -0.25) is 10.1 Å². The Morgan fingerprint density at radius 3 is 2.81 bits per heavy atom. The molecule has 2 unspecified atom stereocenters. The van der Waals surface area contributed by atoms with Crippen LogP contribution in [0.3, 0.4) is 0 Å². The highest BCUT2D eigenvalue weighted by molar-refractivity contribution is 9.10. The Balaban J connectivity index is 1.69. The van der Waals surface area contributed by atoms with E-state index in [0.717, 1.165) is 28.8 Å². The average Bonchev–Trinajstić information content (AvgIpc) is 2.49. The molecule has 1 aromatic rings. The molecule has 2 fully saturated rings. The number of carbonyl (C=O) groups is 2. The number of urea groups is 1. The van der Waals surface area contributed by atoms with Gasteiger partial charge in [-0.15, -0.1) is 0 Å². The number of carbonyl (C=O) groups excluding carboxylic acids is 2. The van der Waals surface area contributed by atoms with Crippen LogP contribution in [0.1, 0.15) is 12.0 Å². The highest BCUT2D eigenvalue weighted by atomic mass is 79.9. The van der Waals surface area contributed by atoms with Gasteiger partial charge in [0.1, 0.15) is 0 Å². The smallest absolute Gasteiger partial charge is 0.320 e. The first-order valence-corrected chi connectivity index (χ1v) is 9.03. The number of thioether (sulfide) groups is 1. The second kappa shape index (κ2) is 6.40. The lowest BCUT2D eigenvalue weighted by Gasteiger charge is -2.42. The van der Waals surface area contributed by atoms with Crippen LogP contribution < -0.4 is 5.32 Å². The molecule has 0 spiro atoms. The van der Waals surface area contributed by atoms with E-state index < -0.39 is 0 Å². The number of halogens is 1. The van der Waals surface area contributed by atoms with Crippen molar-refractivity contribution < 1.29 is 9.59 Å². The number of hydrogen-bond donors (Lipinski definition) is 1. The summed E-state index contributed by atoms with van der Waals surface area (Å²) in [7, 11) is 0. The van der Waals surface area contributed by atoms with Crippen LogP contribution in [0, 0.1) is 5.92 Å². The quantitative estimate of drug-likeness (QED) is 0.891. The Kier molecular flexibility index (Phi) is 4.54. The van der Waals surface area contributed by atoms with Crippen LogP contribution in [0.15, 0.2) is 28.7 Å². The first-order chi connectivity index (χ1) is 10.1. The van der Waals surface area contributed by atoms with Crippen molar-refractivity contribution in [2.24, 2.45) is 5.92 Å². The van der Waals surface area contributed by atoms with Crippen LogP contribution in [0.25, 0.3) is 0 Å². The molecule has 6 heteroatoms. The van der Waals surface area contributed by atoms with Gasteiger partial charge < -0.3 is 4.90 Å². The molecule has 0 radical (unpaired) electrons. The van der Waals surface area contributed by atoms with E-state index in [9.17, 15) is 9.59 Å².